The maximum Gasteiger partial charge on any atom is 0.258 e. The third-order valence-corrected chi connectivity index (χ3v) is 5.40. The number of amides is 1. The van der Waals surface area contributed by atoms with E-state index in [0.717, 1.165) is 19.1 Å². The highest BCUT2D eigenvalue weighted by Gasteiger charge is 2.18. The lowest BCUT2D eigenvalue weighted by Crippen LogP contribution is -2.35. The first kappa shape index (κ1) is 22.7. The van der Waals surface area contributed by atoms with Gasteiger partial charge in [0.25, 0.3) is 5.91 Å². The Kier molecular flexibility index (Phi) is 8.01. The van der Waals surface area contributed by atoms with Gasteiger partial charge in [0.2, 0.25) is 10.0 Å². The van der Waals surface area contributed by atoms with Crippen LogP contribution in [0.1, 0.15) is 32.3 Å². The molecule has 0 radical (unpaired) electrons. The Balaban J connectivity index is 2.03. The number of sulfonamides is 1. The summed E-state index contributed by atoms with van der Waals surface area (Å²) in [4.78, 5) is 11.9. The van der Waals surface area contributed by atoms with E-state index in [1.165, 1.54) is 16.4 Å². The minimum absolute atomic E-state index is 0.0804. The van der Waals surface area contributed by atoms with Gasteiger partial charge in [0, 0.05) is 6.04 Å². The molecular formula is C21H27FN2O4S. The fourth-order valence-electron chi connectivity index (χ4n) is 2.83. The standard InChI is InChI=1S/C21H27FN2O4S/c1-4-5-16(2)23-21(25)15-28-20-12-10-19(11-13-20)24(29(3,26)27)14-17-6-8-18(22)9-7-17/h6-13,16H,4-5,14-15H2,1-3H3,(H,23,25)/t16-/m0/s1. The molecule has 29 heavy (non-hydrogen) atoms. The molecule has 0 aliphatic rings. The van der Waals surface area contributed by atoms with Crippen LogP contribution in [0.3, 0.4) is 0 Å². The van der Waals surface area contributed by atoms with Crippen molar-refractivity contribution in [2.45, 2.75) is 39.3 Å². The van der Waals surface area contributed by atoms with Crippen molar-refractivity contribution in [3.63, 3.8) is 0 Å². The number of rotatable bonds is 10. The van der Waals surface area contributed by atoms with Crippen LogP contribution < -0.4 is 14.4 Å². The summed E-state index contributed by atoms with van der Waals surface area (Å²) in [5.41, 5.74) is 1.11. The summed E-state index contributed by atoms with van der Waals surface area (Å²) in [6.45, 7) is 3.96. The van der Waals surface area contributed by atoms with E-state index in [0.29, 0.717) is 17.0 Å². The number of carbonyl (C=O) groups is 1. The second-order valence-corrected chi connectivity index (χ2v) is 8.84. The number of hydrogen-bond donors (Lipinski definition) is 1. The smallest absolute Gasteiger partial charge is 0.258 e. The third-order valence-electron chi connectivity index (χ3n) is 4.26. The lowest BCUT2D eigenvalue weighted by Gasteiger charge is -2.23. The predicted octanol–water partition coefficient (Wildman–Crippen LogP) is 3.48. The fourth-order valence-corrected chi connectivity index (χ4v) is 3.72. The minimum atomic E-state index is -3.55. The fraction of sp³-hybridized carbons (Fsp3) is 0.381. The van der Waals surface area contributed by atoms with Gasteiger partial charge in [-0.05, 0) is 55.3 Å². The molecule has 0 unspecified atom stereocenters. The zero-order valence-electron chi connectivity index (χ0n) is 16.9. The molecular weight excluding hydrogens is 395 g/mol. The van der Waals surface area contributed by atoms with Gasteiger partial charge in [0.05, 0.1) is 18.5 Å². The number of carbonyl (C=O) groups excluding carboxylic acids is 1. The molecule has 6 nitrogen and oxygen atoms in total. The zero-order chi connectivity index (χ0) is 21.4. The van der Waals surface area contributed by atoms with Crippen LogP contribution in [0, 0.1) is 5.82 Å². The highest BCUT2D eigenvalue weighted by atomic mass is 32.2. The third kappa shape index (κ3) is 7.38. The van der Waals surface area contributed by atoms with Crippen molar-refractivity contribution in [1.29, 1.82) is 0 Å². The van der Waals surface area contributed by atoms with Crippen molar-refractivity contribution < 1.29 is 22.3 Å². The first-order valence-corrected chi connectivity index (χ1v) is 11.3. The molecule has 8 heteroatoms. The van der Waals surface area contributed by atoms with E-state index in [9.17, 15) is 17.6 Å². The maximum atomic E-state index is 13.1. The Bertz CT molecular complexity index is 899. The van der Waals surface area contributed by atoms with Gasteiger partial charge in [-0.2, -0.15) is 0 Å². The first-order chi connectivity index (χ1) is 13.7. The summed E-state index contributed by atoms with van der Waals surface area (Å²) in [6, 6.07) is 12.2. The van der Waals surface area contributed by atoms with E-state index in [-0.39, 0.29) is 30.9 Å². The van der Waals surface area contributed by atoms with E-state index in [1.54, 1.807) is 36.4 Å². The molecule has 0 saturated carbocycles. The average molecular weight is 423 g/mol. The van der Waals surface area contributed by atoms with Crippen molar-refractivity contribution in [1.82, 2.24) is 5.32 Å². The molecule has 0 saturated heterocycles. The number of nitrogens with zero attached hydrogens (tertiary/aromatic N) is 1. The molecule has 0 spiro atoms. The van der Waals surface area contributed by atoms with Crippen molar-refractivity contribution in [3.8, 4) is 5.75 Å². The Morgan fingerprint density at radius 2 is 1.76 bits per heavy atom. The molecule has 1 atom stereocenters. The highest BCUT2D eigenvalue weighted by molar-refractivity contribution is 7.92. The molecule has 0 bridgehead atoms. The van der Waals surface area contributed by atoms with E-state index in [2.05, 4.69) is 12.2 Å². The minimum Gasteiger partial charge on any atom is -0.484 e. The predicted molar refractivity (Wildman–Crippen MR) is 112 cm³/mol. The Hall–Kier alpha value is -2.61. The van der Waals surface area contributed by atoms with Gasteiger partial charge in [-0.25, -0.2) is 12.8 Å². The number of halogens is 1. The number of hydrogen-bond acceptors (Lipinski definition) is 4. The van der Waals surface area contributed by atoms with Gasteiger partial charge < -0.3 is 10.1 Å². The summed E-state index contributed by atoms with van der Waals surface area (Å²) < 4.78 is 44.2. The van der Waals surface area contributed by atoms with Crippen LogP contribution in [0.4, 0.5) is 10.1 Å². The molecule has 2 aromatic carbocycles. The molecule has 158 valence electrons. The van der Waals surface area contributed by atoms with Crippen LogP contribution in [-0.4, -0.2) is 33.2 Å². The molecule has 1 amide bonds. The lowest BCUT2D eigenvalue weighted by atomic mass is 10.2. The summed E-state index contributed by atoms with van der Waals surface area (Å²) >= 11 is 0. The topological polar surface area (TPSA) is 75.7 Å². The average Bonchev–Trinajstić information content (AvgIpc) is 2.65. The molecule has 0 aliphatic carbocycles. The van der Waals surface area contributed by atoms with Gasteiger partial charge in [-0.1, -0.05) is 25.5 Å². The van der Waals surface area contributed by atoms with Crippen molar-refractivity contribution in [2.24, 2.45) is 0 Å². The normalized spacial score (nSPS) is 12.3. The molecule has 0 aliphatic heterocycles. The van der Waals surface area contributed by atoms with Gasteiger partial charge >= 0.3 is 0 Å². The largest absolute Gasteiger partial charge is 0.484 e. The molecule has 2 rings (SSSR count). The monoisotopic (exact) mass is 422 g/mol. The lowest BCUT2D eigenvalue weighted by molar-refractivity contribution is -0.123. The van der Waals surface area contributed by atoms with Crippen LogP contribution in [0.25, 0.3) is 0 Å². The Morgan fingerprint density at radius 3 is 2.31 bits per heavy atom. The Morgan fingerprint density at radius 1 is 1.14 bits per heavy atom. The summed E-state index contributed by atoms with van der Waals surface area (Å²) in [6.07, 6.45) is 3.00. The second-order valence-electron chi connectivity index (χ2n) is 6.94. The van der Waals surface area contributed by atoms with E-state index in [4.69, 9.17) is 4.74 Å². The summed E-state index contributed by atoms with van der Waals surface area (Å²) in [5, 5.41) is 2.85. The first-order valence-electron chi connectivity index (χ1n) is 9.43. The number of benzene rings is 2. The van der Waals surface area contributed by atoms with E-state index < -0.39 is 10.0 Å². The number of nitrogens with one attached hydrogen (secondary N) is 1. The SMILES string of the molecule is CCC[C@H](C)NC(=O)COc1ccc(N(Cc2ccc(F)cc2)S(C)(=O)=O)cc1. The summed E-state index contributed by atoms with van der Waals surface area (Å²) in [7, 11) is -3.55. The quantitative estimate of drug-likeness (QED) is 0.636. The molecule has 0 heterocycles. The van der Waals surface area contributed by atoms with Crippen LogP contribution in [0.15, 0.2) is 48.5 Å². The summed E-state index contributed by atoms with van der Waals surface area (Å²) in [5.74, 6) is -0.124. The number of anilines is 1. The van der Waals surface area contributed by atoms with E-state index in [1.807, 2.05) is 6.92 Å². The maximum absolute atomic E-state index is 13.1. The van der Waals surface area contributed by atoms with Gasteiger partial charge in [0.1, 0.15) is 11.6 Å². The number of ether oxygens (including phenoxy) is 1. The van der Waals surface area contributed by atoms with Crippen LogP contribution in [-0.2, 0) is 21.4 Å². The van der Waals surface area contributed by atoms with Crippen LogP contribution >= 0.6 is 0 Å². The van der Waals surface area contributed by atoms with Crippen molar-refractivity contribution in [3.05, 3.63) is 59.9 Å². The van der Waals surface area contributed by atoms with Crippen LogP contribution in [0.2, 0.25) is 0 Å². The van der Waals surface area contributed by atoms with Gasteiger partial charge in [0.15, 0.2) is 6.61 Å². The second kappa shape index (κ2) is 10.2. The molecule has 1 N–H and O–H groups in total. The Labute approximate surface area is 171 Å². The zero-order valence-corrected chi connectivity index (χ0v) is 17.7. The van der Waals surface area contributed by atoms with Gasteiger partial charge in [-0.15, -0.1) is 0 Å². The van der Waals surface area contributed by atoms with Gasteiger partial charge in [-0.3, -0.25) is 9.10 Å². The van der Waals surface area contributed by atoms with Crippen molar-refractivity contribution >= 4 is 21.6 Å². The molecule has 0 aromatic heterocycles. The van der Waals surface area contributed by atoms with Crippen molar-refractivity contribution in [2.75, 3.05) is 17.2 Å². The highest BCUT2D eigenvalue weighted by Crippen LogP contribution is 2.24. The molecule has 2 aromatic rings. The van der Waals surface area contributed by atoms with Crippen LogP contribution in [0.5, 0.6) is 5.75 Å². The molecule has 0 fully saturated rings. The van der Waals surface area contributed by atoms with E-state index >= 15 is 0 Å².